The summed E-state index contributed by atoms with van der Waals surface area (Å²) in [4.78, 5) is 17.7. The molecule has 2 saturated carbocycles. The van der Waals surface area contributed by atoms with Crippen LogP contribution in [0.3, 0.4) is 0 Å². The van der Waals surface area contributed by atoms with E-state index in [1.165, 1.54) is 0 Å². The van der Waals surface area contributed by atoms with Gasteiger partial charge in [0.25, 0.3) is 5.91 Å². The number of rotatable bonds is 10. The minimum Gasteiger partial charge on any atom is -0.493 e. The number of hydrogen-bond donors (Lipinski definition) is 3. The lowest BCUT2D eigenvalue weighted by Crippen LogP contribution is -2.43. The van der Waals surface area contributed by atoms with Gasteiger partial charge in [-0.05, 0) is 87.8 Å². The summed E-state index contributed by atoms with van der Waals surface area (Å²) < 4.78 is 11.3. The Morgan fingerprint density at radius 1 is 1.18 bits per heavy atom. The SMILES string of the molecule is C.CCc1cc(C(C)(C)N)cc(C(O)(CNC(=O)c2ccc(OC3CC3)c(OC)c2)C2CC2)n1. The Bertz CT molecular complexity index is 1030. The first-order chi connectivity index (χ1) is 15.6. The van der Waals surface area contributed by atoms with Crippen LogP contribution in [0, 0.1) is 5.92 Å². The van der Waals surface area contributed by atoms with Gasteiger partial charge >= 0.3 is 0 Å². The van der Waals surface area contributed by atoms with E-state index < -0.39 is 11.1 Å². The molecule has 0 radical (unpaired) electrons. The second-order valence-electron chi connectivity index (χ2n) is 9.87. The van der Waals surface area contributed by atoms with Crippen molar-refractivity contribution >= 4 is 5.91 Å². The van der Waals surface area contributed by atoms with Crippen LogP contribution in [-0.2, 0) is 17.6 Å². The molecule has 1 atom stereocenters. The first kappa shape index (κ1) is 26.0. The summed E-state index contributed by atoms with van der Waals surface area (Å²) in [6, 6.07) is 9.04. The number of carbonyl (C=O) groups is 1. The van der Waals surface area contributed by atoms with Crippen LogP contribution < -0.4 is 20.5 Å². The van der Waals surface area contributed by atoms with E-state index >= 15 is 0 Å². The van der Waals surface area contributed by atoms with Crippen LogP contribution in [0.1, 0.15) is 81.2 Å². The number of benzene rings is 1. The van der Waals surface area contributed by atoms with Gasteiger partial charge in [-0.2, -0.15) is 0 Å². The average Bonchev–Trinajstić information content (AvgIpc) is 3.70. The van der Waals surface area contributed by atoms with Gasteiger partial charge in [0.05, 0.1) is 25.5 Å². The number of amides is 1. The van der Waals surface area contributed by atoms with Crippen molar-refractivity contribution < 1.29 is 19.4 Å². The molecule has 2 aromatic rings. The zero-order chi connectivity index (χ0) is 23.8. The van der Waals surface area contributed by atoms with Gasteiger partial charge in [-0.25, -0.2) is 0 Å². The highest BCUT2D eigenvalue weighted by atomic mass is 16.5. The van der Waals surface area contributed by atoms with E-state index in [2.05, 4.69) is 5.32 Å². The van der Waals surface area contributed by atoms with Gasteiger partial charge in [-0.15, -0.1) is 0 Å². The normalized spacial score (nSPS) is 17.4. The lowest BCUT2D eigenvalue weighted by Gasteiger charge is -2.30. The third kappa shape index (κ3) is 5.70. The van der Waals surface area contributed by atoms with Gasteiger partial charge < -0.3 is 25.6 Å². The van der Waals surface area contributed by atoms with Crippen molar-refractivity contribution in [1.82, 2.24) is 10.3 Å². The highest BCUT2D eigenvalue weighted by molar-refractivity contribution is 5.95. The van der Waals surface area contributed by atoms with Gasteiger partial charge in [-0.3, -0.25) is 9.78 Å². The smallest absolute Gasteiger partial charge is 0.251 e. The van der Waals surface area contributed by atoms with Crippen LogP contribution in [0.5, 0.6) is 11.5 Å². The Balaban J connectivity index is 0.00000324. The Hall–Kier alpha value is -2.64. The first-order valence-corrected chi connectivity index (χ1v) is 11.8. The molecule has 2 aliphatic carbocycles. The second kappa shape index (κ2) is 9.92. The van der Waals surface area contributed by atoms with Gasteiger partial charge in [0.2, 0.25) is 0 Å². The van der Waals surface area contributed by atoms with Crippen molar-refractivity contribution in [3.8, 4) is 11.5 Å². The number of hydrogen-bond acceptors (Lipinski definition) is 6. The van der Waals surface area contributed by atoms with E-state index in [0.29, 0.717) is 22.8 Å². The fourth-order valence-corrected chi connectivity index (χ4v) is 3.96. The highest BCUT2D eigenvalue weighted by Gasteiger charge is 2.47. The molecule has 0 saturated heterocycles. The van der Waals surface area contributed by atoms with Crippen molar-refractivity contribution in [3.63, 3.8) is 0 Å². The molecule has 1 aromatic heterocycles. The number of nitrogens with one attached hydrogen (secondary N) is 1. The number of pyridine rings is 1. The van der Waals surface area contributed by atoms with Crippen molar-refractivity contribution in [3.05, 3.63) is 52.8 Å². The topological polar surface area (TPSA) is 107 Å². The van der Waals surface area contributed by atoms with E-state index in [9.17, 15) is 9.90 Å². The fraction of sp³-hybridized carbons (Fsp3) is 0.556. The molecule has 7 heteroatoms. The predicted molar refractivity (Wildman–Crippen MR) is 133 cm³/mol. The van der Waals surface area contributed by atoms with Gasteiger partial charge in [0.15, 0.2) is 11.5 Å². The number of nitrogens with two attached hydrogens (primary N) is 1. The molecule has 7 nitrogen and oxygen atoms in total. The molecule has 2 fully saturated rings. The van der Waals surface area contributed by atoms with Crippen LogP contribution in [0.25, 0.3) is 0 Å². The molecule has 1 aromatic carbocycles. The first-order valence-electron chi connectivity index (χ1n) is 11.8. The summed E-state index contributed by atoms with van der Waals surface area (Å²) in [5, 5.41) is 14.6. The van der Waals surface area contributed by atoms with Crippen LogP contribution in [0.2, 0.25) is 0 Å². The number of aryl methyl sites for hydroxylation is 1. The molecule has 4 N–H and O–H groups in total. The predicted octanol–water partition coefficient (Wildman–Crippen LogP) is 4.05. The molecule has 1 unspecified atom stereocenters. The Labute approximate surface area is 203 Å². The molecule has 2 aliphatic rings. The van der Waals surface area contributed by atoms with E-state index in [0.717, 1.165) is 43.4 Å². The van der Waals surface area contributed by atoms with Gasteiger partial charge in [-0.1, -0.05) is 14.4 Å². The van der Waals surface area contributed by atoms with E-state index in [4.69, 9.17) is 20.2 Å². The monoisotopic (exact) mass is 469 g/mol. The number of methoxy groups -OCH3 is 1. The van der Waals surface area contributed by atoms with Gasteiger partial charge in [0, 0.05) is 16.8 Å². The standard InChI is InChI=1S/C26H35N3O4.CH4/c1-5-19-13-18(25(2,3)27)14-23(29-19)26(31,17-7-8-17)15-28-24(30)16-6-11-21(22(12-16)32-4)33-20-9-10-20;/h6,11-14,17,20,31H,5,7-10,15,27H2,1-4H3,(H,28,30);1H4. The Morgan fingerprint density at radius 2 is 1.88 bits per heavy atom. The molecular formula is C27H39N3O4. The van der Waals surface area contributed by atoms with Crippen LogP contribution in [0.15, 0.2) is 30.3 Å². The zero-order valence-corrected chi connectivity index (χ0v) is 20.0. The van der Waals surface area contributed by atoms with Crippen LogP contribution >= 0.6 is 0 Å². The van der Waals surface area contributed by atoms with Gasteiger partial charge in [0.1, 0.15) is 5.60 Å². The Morgan fingerprint density at radius 3 is 2.44 bits per heavy atom. The summed E-state index contributed by atoms with van der Waals surface area (Å²) in [5.41, 5.74) is 7.37. The third-order valence-electron chi connectivity index (χ3n) is 6.44. The minimum absolute atomic E-state index is 0. The molecule has 1 amide bonds. The molecule has 0 aliphatic heterocycles. The lowest BCUT2D eigenvalue weighted by atomic mass is 9.87. The molecule has 0 bridgehead atoms. The number of nitrogens with zero attached hydrogens (tertiary/aromatic N) is 1. The summed E-state index contributed by atoms with van der Waals surface area (Å²) in [6.45, 7) is 5.98. The number of aromatic nitrogens is 1. The Kier molecular flexibility index (Phi) is 7.58. The van der Waals surface area contributed by atoms with Crippen molar-refractivity contribution in [1.29, 1.82) is 0 Å². The minimum atomic E-state index is -1.25. The summed E-state index contributed by atoms with van der Waals surface area (Å²) in [6.07, 6.45) is 4.85. The maximum Gasteiger partial charge on any atom is 0.251 e. The van der Waals surface area contributed by atoms with Crippen LogP contribution in [-0.4, -0.2) is 35.8 Å². The number of aliphatic hydroxyl groups is 1. The summed E-state index contributed by atoms with van der Waals surface area (Å²) in [5.74, 6) is 0.939. The molecule has 186 valence electrons. The van der Waals surface area contributed by atoms with E-state index in [-0.39, 0.29) is 31.9 Å². The maximum atomic E-state index is 13.0. The molecule has 1 heterocycles. The number of ether oxygens (including phenoxy) is 2. The molecule has 4 rings (SSSR count). The average molecular weight is 470 g/mol. The summed E-state index contributed by atoms with van der Waals surface area (Å²) in [7, 11) is 1.56. The molecule has 0 spiro atoms. The highest BCUT2D eigenvalue weighted by Crippen LogP contribution is 2.45. The van der Waals surface area contributed by atoms with Crippen molar-refractivity contribution in [2.24, 2.45) is 11.7 Å². The van der Waals surface area contributed by atoms with Crippen molar-refractivity contribution in [2.75, 3.05) is 13.7 Å². The second-order valence-corrected chi connectivity index (χ2v) is 9.87. The maximum absolute atomic E-state index is 13.0. The lowest BCUT2D eigenvalue weighted by molar-refractivity contribution is 0.00918. The quantitative estimate of drug-likeness (QED) is 0.485. The molecule has 34 heavy (non-hydrogen) atoms. The van der Waals surface area contributed by atoms with Crippen LogP contribution in [0.4, 0.5) is 0 Å². The number of carbonyl (C=O) groups excluding carboxylic acids is 1. The zero-order valence-electron chi connectivity index (χ0n) is 20.0. The largest absolute Gasteiger partial charge is 0.493 e. The fourth-order valence-electron chi connectivity index (χ4n) is 3.96. The van der Waals surface area contributed by atoms with E-state index in [1.807, 2.05) is 32.9 Å². The van der Waals surface area contributed by atoms with E-state index in [1.54, 1.807) is 25.3 Å². The summed E-state index contributed by atoms with van der Waals surface area (Å²) >= 11 is 0. The van der Waals surface area contributed by atoms with Crippen molar-refractivity contribution in [2.45, 2.75) is 77.5 Å². The molecular weight excluding hydrogens is 430 g/mol. The third-order valence-corrected chi connectivity index (χ3v) is 6.44.